The van der Waals surface area contributed by atoms with E-state index in [0.29, 0.717) is 14.6 Å². The Kier molecular flexibility index (Phi) is 5.91. The molecule has 0 unspecified atom stereocenters. The molecule has 0 aliphatic rings. The van der Waals surface area contributed by atoms with Gasteiger partial charge < -0.3 is 0 Å². The van der Waals surface area contributed by atoms with Crippen LogP contribution in [-0.2, 0) is 9.59 Å². The molecule has 0 saturated carbocycles. The van der Waals surface area contributed by atoms with Gasteiger partial charge in [-0.1, -0.05) is 29.1 Å². The highest BCUT2D eigenvalue weighted by molar-refractivity contribution is 9.11. The highest BCUT2D eigenvalue weighted by Crippen LogP contribution is 2.38. The number of amides is 2. The van der Waals surface area contributed by atoms with Crippen LogP contribution in [0, 0.1) is 0 Å². The standard InChI is InChI=1S/C14H12Br3NO2/c1-7(2)13(19)18(14(20)8(3)4)12-10(16)5-9(15)6-11(12)17/h5-6H,1,3H2,2,4H3. The van der Waals surface area contributed by atoms with E-state index in [1.54, 1.807) is 26.0 Å². The maximum Gasteiger partial charge on any atom is 0.260 e. The van der Waals surface area contributed by atoms with Crippen molar-refractivity contribution in [2.24, 2.45) is 0 Å². The molecule has 3 nitrogen and oxygen atoms in total. The first-order valence-electron chi connectivity index (χ1n) is 5.51. The number of rotatable bonds is 3. The molecule has 0 heterocycles. The largest absolute Gasteiger partial charge is 0.269 e. The lowest BCUT2D eigenvalue weighted by Crippen LogP contribution is -2.38. The summed E-state index contributed by atoms with van der Waals surface area (Å²) in [5.74, 6) is -0.941. The van der Waals surface area contributed by atoms with E-state index in [1.165, 1.54) is 0 Å². The fourth-order valence-corrected chi connectivity index (χ4v) is 4.04. The van der Waals surface area contributed by atoms with Crippen LogP contribution in [0.25, 0.3) is 0 Å². The molecule has 1 aromatic carbocycles. The lowest BCUT2D eigenvalue weighted by Gasteiger charge is -2.23. The van der Waals surface area contributed by atoms with Gasteiger partial charge >= 0.3 is 0 Å². The molecular formula is C14H12Br3NO2. The van der Waals surface area contributed by atoms with E-state index in [0.717, 1.165) is 9.37 Å². The lowest BCUT2D eigenvalue weighted by atomic mass is 10.2. The smallest absolute Gasteiger partial charge is 0.260 e. The van der Waals surface area contributed by atoms with E-state index >= 15 is 0 Å². The number of anilines is 1. The Balaban J connectivity index is 3.54. The van der Waals surface area contributed by atoms with Gasteiger partial charge in [0.25, 0.3) is 11.8 Å². The quantitative estimate of drug-likeness (QED) is 0.590. The number of imide groups is 1. The van der Waals surface area contributed by atoms with Crippen LogP contribution in [0.15, 0.2) is 49.9 Å². The minimum absolute atomic E-state index is 0.265. The van der Waals surface area contributed by atoms with Crippen molar-refractivity contribution < 1.29 is 9.59 Å². The summed E-state index contributed by atoms with van der Waals surface area (Å²) in [6.45, 7) is 10.3. The monoisotopic (exact) mass is 463 g/mol. The highest BCUT2D eigenvalue weighted by Gasteiger charge is 2.28. The molecule has 0 saturated heterocycles. The van der Waals surface area contributed by atoms with Crippen molar-refractivity contribution >= 4 is 65.3 Å². The van der Waals surface area contributed by atoms with Gasteiger partial charge in [-0.05, 0) is 57.8 Å². The number of carbonyl (C=O) groups excluding carboxylic acids is 2. The third-order valence-electron chi connectivity index (χ3n) is 2.34. The number of carbonyl (C=O) groups is 2. The topological polar surface area (TPSA) is 37.4 Å². The minimum atomic E-state index is -0.471. The fourth-order valence-electron chi connectivity index (χ4n) is 1.43. The average molecular weight is 466 g/mol. The molecule has 0 fully saturated rings. The van der Waals surface area contributed by atoms with Crippen LogP contribution in [0.1, 0.15) is 13.8 Å². The summed E-state index contributed by atoms with van der Waals surface area (Å²) < 4.78 is 2.01. The molecule has 0 atom stereocenters. The SMILES string of the molecule is C=C(C)C(=O)N(C(=O)C(=C)C)c1c(Br)cc(Br)cc1Br. The molecule has 1 rings (SSSR count). The first kappa shape index (κ1) is 17.3. The average Bonchev–Trinajstić information content (AvgIpc) is 2.31. The zero-order chi connectivity index (χ0) is 15.6. The molecule has 0 aromatic heterocycles. The van der Waals surface area contributed by atoms with Crippen molar-refractivity contribution in [3.05, 3.63) is 49.9 Å². The van der Waals surface area contributed by atoms with Crippen molar-refractivity contribution in [2.75, 3.05) is 4.90 Å². The number of hydrogen-bond acceptors (Lipinski definition) is 2. The second-order valence-electron chi connectivity index (χ2n) is 4.22. The van der Waals surface area contributed by atoms with Crippen LogP contribution in [-0.4, -0.2) is 11.8 Å². The van der Waals surface area contributed by atoms with E-state index in [1.807, 2.05) is 0 Å². The van der Waals surface area contributed by atoms with Crippen LogP contribution in [0.5, 0.6) is 0 Å². The van der Waals surface area contributed by atoms with E-state index in [2.05, 4.69) is 60.9 Å². The third-order valence-corrected chi connectivity index (χ3v) is 4.01. The Morgan fingerprint density at radius 1 is 0.950 bits per heavy atom. The van der Waals surface area contributed by atoms with Crippen LogP contribution in [0.4, 0.5) is 5.69 Å². The third kappa shape index (κ3) is 3.68. The van der Waals surface area contributed by atoms with Crippen LogP contribution >= 0.6 is 47.8 Å². The molecule has 0 bridgehead atoms. The minimum Gasteiger partial charge on any atom is -0.269 e. The van der Waals surface area contributed by atoms with E-state index in [4.69, 9.17) is 0 Å². The second kappa shape index (κ2) is 6.83. The lowest BCUT2D eigenvalue weighted by molar-refractivity contribution is -0.122. The van der Waals surface area contributed by atoms with E-state index < -0.39 is 11.8 Å². The molecule has 0 spiro atoms. The maximum absolute atomic E-state index is 12.3. The van der Waals surface area contributed by atoms with Gasteiger partial charge in [0.1, 0.15) is 0 Å². The van der Waals surface area contributed by atoms with Gasteiger partial charge in [-0.15, -0.1) is 0 Å². The molecule has 20 heavy (non-hydrogen) atoms. The summed E-state index contributed by atoms with van der Waals surface area (Å²) >= 11 is 10.1. The Labute approximate surface area is 143 Å². The Hall–Kier alpha value is -0.720. The Morgan fingerprint density at radius 2 is 1.30 bits per heavy atom. The molecule has 0 aliphatic heterocycles. The fraction of sp³-hybridized carbons (Fsp3) is 0.143. The van der Waals surface area contributed by atoms with Crippen LogP contribution < -0.4 is 4.90 Å². The van der Waals surface area contributed by atoms with Crippen molar-refractivity contribution in [1.82, 2.24) is 0 Å². The van der Waals surface area contributed by atoms with Crippen molar-refractivity contribution in [2.45, 2.75) is 13.8 Å². The predicted octanol–water partition coefficient (Wildman–Crippen LogP) is 4.99. The van der Waals surface area contributed by atoms with Crippen LogP contribution in [0.2, 0.25) is 0 Å². The summed E-state index contributed by atoms with van der Waals surface area (Å²) in [5, 5.41) is 0. The van der Waals surface area contributed by atoms with Gasteiger partial charge in [0, 0.05) is 24.6 Å². The van der Waals surface area contributed by atoms with Crippen molar-refractivity contribution in [3.8, 4) is 0 Å². The van der Waals surface area contributed by atoms with E-state index in [-0.39, 0.29) is 11.1 Å². The molecular weight excluding hydrogens is 454 g/mol. The van der Waals surface area contributed by atoms with Gasteiger partial charge in [-0.3, -0.25) is 9.59 Å². The van der Waals surface area contributed by atoms with Gasteiger partial charge in [0.15, 0.2) is 0 Å². The number of hydrogen-bond donors (Lipinski definition) is 0. The normalized spacial score (nSPS) is 10.1. The molecule has 0 radical (unpaired) electrons. The van der Waals surface area contributed by atoms with Gasteiger partial charge in [0.05, 0.1) is 5.69 Å². The highest BCUT2D eigenvalue weighted by atomic mass is 79.9. The zero-order valence-electron chi connectivity index (χ0n) is 11.0. The van der Waals surface area contributed by atoms with Crippen molar-refractivity contribution in [3.63, 3.8) is 0 Å². The second-order valence-corrected chi connectivity index (χ2v) is 6.85. The molecule has 0 N–H and O–H groups in total. The Bertz CT molecular complexity index is 574. The summed E-state index contributed by atoms with van der Waals surface area (Å²) in [6, 6.07) is 3.51. The molecule has 2 amide bonds. The maximum atomic E-state index is 12.3. The first-order chi connectivity index (χ1) is 9.16. The molecule has 0 aliphatic carbocycles. The van der Waals surface area contributed by atoms with Gasteiger partial charge in [-0.25, -0.2) is 4.90 Å². The van der Waals surface area contributed by atoms with Gasteiger partial charge in [0.2, 0.25) is 0 Å². The number of nitrogens with zero attached hydrogens (tertiary/aromatic N) is 1. The van der Waals surface area contributed by atoms with Crippen molar-refractivity contribution in [1.29, 1.82) is 0 Å². The van der Waals surface area contributed by atoms with Crippen LogP contribution in [0.3, 0.4) is 0 Å². The molecule has 1 aromatic rings. The molecule has 106 valence electrons. The molecule has 6 heteroatoms. The summed E-state index contributed by atoms with van der Waals surface area (Å²) in [7, 11) is 0. The summed E-state index contributed by atoms with van der Waals surface area (Å²) in [6.07, 6.45) is 0. The van der Waals surface area contributed by atoms with E-state index in [9.17, 15) is 9.59 Å². The first-order valence-corrected chi connectivity index (χ1v) is 7.89. The predicted molar refractivity (Wildman–Crippen MR) is 91.7 cm³/mol. The number of halogens is 3. The Morgan fingerprint density at radius 3 is 1.60 bits per heavy atom. The van der Waals surface area contributed by atoms with Gasteiger partial charge in [-0.2, -0.15) is 0 Å². The zero-order valence-corrected chi connectivity index (χ0v) is 15.7. The summed E-state index contributed by atoms with van der Waals surface area (Å²) in [5.41, 5.74) is 0.955. The summed E-state index contributed by atoms with van der Waals surface area (Å²) in [4.78, 5) is 25.6. The number of benzene rings is 1.